The van der Waals surface area contributed by atoms with Crippen molar-refractivity contribution < 1.29 is 9.84 Å². The molecule has 0 radical (unpaired) electrons. The highest BCUT2D eigenvalue weighted by molar-refractivity contribution is 9.10. The lowest BCUT2D eigenvalue weighted by atomic mass is 9.99. The highest BCUT2D eigenvalue weighted by atomic mass is 79.9. The third-order valence-electron chi connectivity index (χ3n) is 3.55. The Morgan fingerprint density at radius 2 is 1.95 bits per heavy atom. The normalized spacial score (nSPS) is 11.9. The molecule has 0 unspecified atom stereocenters. The van der Waals surface area contributed by atoms with Gasteiger partial charge in [-0.3, -0.25) is 0 Å². The molecular weight excluding hydrogens is 318 g/mol. The van der Waals surface area contributed by atoms with Crippen LogP contribution in [0, 0.1) is 0 Å². The van der Waals surface area contributed by atoms with Crippen LogP contribution in [-0.4, -0.2) is 23.4 Å². The summed E-state index contributed by atoms with van der Waals surface area (Å²) in [5, 5.41) is 13.7. The molecule has 4 heteroatoms. The standard InChI is InChI=1S/C16H26BrNO2/c1-5-16(19,6-2)11-20-15-13(10-18-12(3)4)8-7-9-14(15)17/h7-9,12,18-19H,5-6,10-11H2,1-4H3. The molecule has 0 atom stereocenters. The molecule has 0 spiro atoms. The summed E-state index contributed by atoms with van der Waals surface area (Å²) in [5.74, 6) is 0.820. The van der Waals surface area contributed by atoms with Crippen molar-refractivity contribution in [2.24, 2.45) is 0 Å². The van der Waals surface area contributed by atoms with E-state index in [-0.39, 0.29) is 0 Å². The van der Waals surface area contributed by atoms with Gasteiger partial charge in [0.2, 0.25) is 0 Å². The van der Waals surface area contributed by atoms with E-state index < -0.39 is 5.60 Å². The second-order valence-electron chi connectivity index (χ2n) is 5.48. The molecule has 0 aromatic heterocycles. The van der Waals surface area contributed by atoms with E-state index in [1.54, 1.807) is 0 Å². The Hall–Kier alpha value is -0.580. The van der Waals surface area contributed by atoms with Crippen molar-refractivity contribution in [1.29, 1.82) is 0 Å². The first-order chi connectivity index (χ1) is 9.41. The molecule has 1 aromatic carbocycles. The van der Waals surface area contributed by atoms with Crippen molar-refractivity contribution in [3.63, 3.8) is 0 Å². The van der Waals surface area contributed by atoms with E-state index in [0.29, 0.717) is 25.5 Å². The zero-order valence-corrected chi connectivity index (χ0v) is 14.5. The number of hydrogen-bond donors (Lipinski definition) is 2. The largest absolute Gasteiger partial charge is 0.489 e. The Bertz CT molecular complexity index is 417. The van der Waals surface area contributed by atoms with Gasteiger partial charge in [-0.1, -0.05) is 39.8 Å². The van der Waals surface area contributed by atoms with E-state index in [1.165, 1.54) is 0 Å². The van der Waals surface area contributed by atoms with Crippen LogP contribution in [0.2, 0.25) is 0 Å². The molecule has 1 aromatic rings. The average molecular weight is 344 g/mol. The Balaban J connectivity index is 2.82. The van der Waals surface area contributed by atoms with Gasteiger partial charge in [0.25, 0.3) is 0 Å². The summed E-state index contributed by atoms with van der Waals surface area (Å²) < 4.78 is 6.84. The number of benzene rings is 1. The summed E-state index contributed by atoms with van der Waals surface area (Å²) in [5.41, 5.74) is 0.348. The fourth-order valence-electron chi connectivity index (χ4n) is 1.83. The first-order valence-corrected chi connectivity index (χ1v) is 8.07. The van der Waals surface area contributed by atoms with Crippen molar-refractivity contribution in [3.05, 3.63) is 28.2 Å². The van der Waals surface area contributed by atoms with Crippen LogP contribution in [0.25, 0.3) is 0 Å². The maximum Gasteiger partial charge on any atom is 0.138 e. The van der Waals surface area contributed by atoms with Gasteiger partial charge in [-0.15, -0.1) is 0 Å². The maximum absolute atomic E-state index is 10.3. The van der Waals surface area contributed by atoms with Gasteiger partial charge in [-0.2, -0.15) is 0 Å². The number of nitrogens with one attached hydrogen (secondary N) is 1. The summed E-state index contributed by atoms with van der Waals surface area (Å²) in [4.78, 5) is 0. The van der Waals surface area contributed by atoms with Crippen LogP contribution in [0.5, 0.6) is 5.75 Å². The van der Waals surface area contributed by atoms with Crippen LogP contribution in [0.4, 0.5) is 0 Å². The van der Waals surface area contributed by atoms with Gasteiger partial charge in [0.1, 0.15) is 12.4 Å². The second kappa shape index (κ2) is 8.01. The quantitative estimate of drug-likeness (QED) is 0.752. The Morgan fingerprint density at radius 1 is 1.30 bits per heavy atom. The van der Waals surface area contributed by atoms with E-state index >= 15 is 0 Å². The van der Waals surface area contributed by atoms with Crippen LogP contribution in [0.1, 0.15) is 46.1 Å². The van der Waals surface area contributed by atoms with E-state index in [2.05, 4.69) is 35.1 Å². The van der Waals surface area contributed by atoms with Crippen molar-refractivity contribution >= 4 is 15.9 Å². The van der Waals surface area contributed by atoms with E-state index in [4.69, 9.17) is 4.74 Å². The molecule has 0 saturated heterocycles. The van der Waals surface area contributed by atoms with Crippen LogP contribution in [0.15, 0.2) is 22.7 Å². The zero-order chi connectivity index (χ0) is 15.2. The van der Waals surface area contributed by atoms with E-state index in [9.17, 15) is 5.11 Å². The van der Waals surface area contributed by atoms with E-state index in [1.807, 2.05) is 32.0 Å². The predicted molar refractivity (Wildman–Crippen MR) is 87.1 cm³/mol. The third-order valence-corrected chi connectivity index (χ3v) is 4.18. The van der Waals surface area contributed by atoms with Gasteiger partial charge in [0, 0.05) is 18.2 Å². The molecule has 1 rings (SSSR count). The first kappa shape index (κ1) is 17.5. The minimum absolute atomic E-state index is 0.317. The third kappa shape index (κ3) is 5.08. The lowest BCUT2D eigenvalue weighted by molar-refractivity contribution is -0.0118. The zero-order valence-electron chi connectivity index (χ0n) is 12.9. The van der Waals surface area contributed by atoms with Gasteiger partial charge < -0.3 is 15.2 Å². The van der Waals surface area contributed by atoms with Crippen LogP contribution in [0.3, 0.4) is 0 Å². The minimum Gasteiger partial charge on any atom is -0.489 e. The number of hydrogen-bond acceptors (Lipinski definition) is 3. The molecule has 0 aliphatic rings. The first-order valence-electron chi connectivity index (χ1n) is 7.27. The smallest absolute Gasteiger partial charge is 0.138 e. The fraction of sp³-hybridized carbons (Fsp3) is 0.625. The monoisotopic (exact) mass is 343 g/mol. The Labute approximate surface area is 130 Å². The maximum atomic E-state index is 10.3. The van der Waals surface area contributed by atoms with Gasteiger partial charge in [-0.25, -0.2) is 0 Å². The number of para-hydroxylation sites is 1. The molecule has 0 amide bonds. The van der Waals surface area contributed by atoms with Crippen LogP contribution < -0.4 is 10.1 Å². The summed E-state index contributed by atoms with van der Waals surface area (Å²) in [6, 6.07) is 6.43. The molecule has 0 bridgehead atoms. The molecule has 3 nitrogen and oxygen atoms in total. The number of halogens is 1. The predicted octanol–water partition coefficient (Wildman–Crippen LogP) is 3.88. The molecule has 20 heavy (non-hydrogen) atoms. The lowest BCUT2D eigenvalue weighted by Gasteiger charge is -2.26. The summed E-state index contributed by atoms with van der Waals surface area (Å²) in [6.45, 7) is 9.26. The van der Waals surface area contributed by atoms with E-state index in [0.717, 1.165) is 22.3 Å². The van der Waals surface area contributed by atoms with Crippen molar-refractivity contribution in [3.8, 4) is 5.75 Å². The second-order valence-corrected chi connectivity index (χ2v) is 6.34. The molecule has 0 heterocycles. The fourth-order valence-corrected chi connectivity index (χ4v) is 2.35. The molecular formula is C16H26BrNO2. The molecule has 2 N–H and O–H groups in total. The van der Waals surface area contributed by atoms with Gasteiger partial charge in [0.15, 0.2) is 0 Å². The van der Waals surface area contributed by atoms with Gasteiger partial charge in [-0.05, 0) is 34.8 Å². The molecule has 0 aliphatic heterocycles. The number of rotatable bonds is 8. The van der Waals surface area contributed by atoms with Gasteiger partial charge in [0.05, 0.1) is 10.1 Å². The van der Waals surface area contributed by atoms with Crippen molar-refractivity contribution in [2.45, 2.75) is 58.7 Å². The number of ether oxygens (including phenoxy) is 1. The summed E-state index contributed by atoms with van der Waals surface area (Å²) >= 11 is 3.53. The summed E-state index contributed by atoms with van der Waals surface area (Å²) in [7, 11) is 0. The van der Waals surface area contributed by atoms with Crippen LogP contribution in [-0.2, 0) is 6.54 Å². The highest BCUT2D eigenvalue weighted by Gasteiger charge is 2.24. The lowest BCUT2D eigenvalue weighted by Crippen LogP contribution is -2.34. The molecule has 114 valence electrons. The number of aliphatic hydroxyl groups is 1. The average Bonchev–Trinajstić information content (AvgIpc) is 2.43. The molecule has 0 fully saturated rings. The molecule has 0 aliphatic carbocycles. The van der Waals surface area contributed by atoms with Crippen LogP contribution >= 0.6 is 15.9 Å². The van der Waals surface area contributed by atoms with Crippen molar-refractivity contribution in [2.75, 3.05) is 6.61 Å². The Kier molecular flexibility index (Phi) is 7.00. The topological polar surface area (TPSA) is 41.5 Å². The highest BCUT2D eigenvalue weighted by Crippen LogP contribution is 2.30. The van der Waals surface area contributed by atoms with Crippen molar-refractivity contribution in [1.82, 2.24) is 5.32 Å². The summed E-state index contributed by atoms with van der Waals surface area (Å²) in [6.07, 6.45) is 1.38. The van der Waals surface area contributed by atoms with Gasteiger partial charge >= 0.3 is 0 Å². The minimum atomic E-state index is -0.752. The molecule has 0 saturated carbocycles. The Morgan fingerprint density at radius 3 is 2.50 bits per heavy atom. The SMILES string of the molecule is CCC(O)(CC)COc1c(Br)cccc1CNC(C)C.